The zero-order valence-electron chi connectivity index (χ0n) is 16.4. The molecule has 1 fully saturated rings. The van der Waals surface area contributed by atoms with Crippen molar-refractivity contribution in [1.29, 1.82) is 0 Å². The number of hydrogen-bond acceptors (Lipinski definition) is 8. The number of anilines is 1. The molecule has 2 atom stereocenters. The van der Waals surface area contributed by atoms with Crippen molar-refractivity contribution in [3.8, 4) is 0 Å². The smallest absolute Gasteiger partial charge is 0.356 e. The number of ether oxygens (including phenoxy) is 2. The topological polar surface area (TPSA) is 122 Å². The molecule has 0 aromatic carbocycles. The summed E-state index contributed by atoms with van der Waals surface area (Å²) in [6.07, 6.45) is 2.32. The standard InChI is InChI=1S/C18H23ClN6O4/c1-4-10-15(19)24-16(22-10)17(26)23-11-5-6-25(8-13(11)28-2)14-7-12(18(27)29-3)20-9-21-14/h7,9,11,13H,4-6,8H2,1-3H3,(H,22,24)(H,23,26)/t11-,13+/m0/s1. The summed E-state index contributed by atoms with van der Waals surface area (Å²) in [6, 6.07) is 1.37. The number of methoxy groups -OCH3 is 2. The summed E-state index contributed by atoms with van der Waals surface area (Å²) in [5, 5.41) is 3.27. The fourth-order valence-electron chi connectivity index (χ4n) is 3.23. The van der Waals surface area contributed by atoms with Crippen LogP contribution in [0.2, 0.25) is 5.15 Å². The van der Waals surface area contributed by atoms with Crippen molar-refractivity contribution < 1.29 is 19.1 Å². The monoisotopic (exact) mass is 422 g/mol. The molecule has 3 rings (SSSR count). The third kappa shape index (κ3) is 4.65. The van der Waals surface area contributed by atoms with Crippen molar-refractivity contribution >= 4 is 29.3 Å². The molecule has 0 saturated carbocycles. The number of rotatable bonds is 6. The Morgan fingerprint density at radius 1 is 1.38 bits per heavy atom. The van der Waals surface area contributed by atoms with E-state index in [1.54, 1.807) is 13.2 Å². The molecule has 2 aromatic rings. The van der Waals surface area contributed by atoms with Crippen molar-refractivity contribution in [2.75, 3.05) is 32.2 Å². The fraction of sp³-hybridized carbons (Fsp3) is 0.500. The van der Waals surface area contributed by atoms with Crippen LogP contribution in [0.25, 0.3) is 0 Å². The Morgan fingerprint density at radius 3 is 2.83 bits per heavy atom. The minimum absolute atomic E-state index is 0.183. The van der Waals surface area contributed by atoms with E-state index in [0.717, 1.165) is 5.69 Å². The summed E-state index contributed by atoms with van der Waals surface area (Å²) >= 11 is 6.02. The van der Waals surface area contributed by atoms with Crippen LogP contribution in [-0.2, 0) is 15.9 Å². The van der Waals surface area contributed by atoms with Gasteiger partial charge in [-0.2, -0.15) is 0 Å². The third-order valence-electron chi connectivity index (χ3n) is 4.85. The van der Waals surface area contributed by atoms with Crippen LogP contribution in [0.15, 0.2) is 12.4 Å². The maximum absolute atomic E-state index is 12.6. The first kappa shape index (κ1) is 21.0. The molecule has 2 aromatic heterocycles. The average molecular weight is 423 g/mol. The maximum atomic E-state index is 12.6. The van der Waals surface area contributed by atoms with Gasteiger partial charge in [-0.3, -0.25) is 4.79 Å². The van der Waals surface area contributed by atoms with Crippen molar-refractivity contribution in [1.82, 2.24) is 25.3 Å². The van der Waals surface area contributed by atoms with Gasteiger partial charge >= 0.3 is 5.97 Å². The quantitative estimate of drug-likeness (QED) is 0.666. The van der Waals surface area contributed by atoms with Gasteiger partial charge in [0.2, 0.25) is 0 Å². The summed E-state index contributed by atoms with van der Waals surface area (Å²) in [4.78, 5) is 41.4. The Labute approximate surface area is 173 Å². The second-order valence-electron chi connectivity index (χ2n) is 6.55. The number of halogens is 1. The van der Waals surface area contributed by atoms with E-state index in [2.05, 4.69) is 25.3 Å². The molecule has 10 nitrogen and oxygen atoms in total. The Balaban J connectivity index is 1.68. The lowest BCUT2D eigenvalue weighted by atomic mass is 10.0. The number of nitrogens with zero attached hydrogens (tertiary/aromatic N) is 4. The van der Waals surface area contributed by atoms with E-state index in [0.29, 0.717) is 36.9 Å². The highest BCUT2D eigenvalue weighted by Crippen LogP contribution is 2.21. The number of aromatic amines is 1. The van der Waals surface area contributed by atoms with Crippen molar-refractivity contribution in [2.24, 2.45) is 0 Å². The SMILES string of the molecule is CCc1[nH]c(C(=O)N[C@H]2CCN(c3cc(C(=O)OC)ncn3)C[C@H]2OC)nc1Cl. The third-order valence-corrected chi connectivity index (χ3v) is 5.16. The van der Waals surface area contributed by atoms with Gasteiger partial charge in [0.25, 0.3) is 5.91 Å². The van der Waals surface area contributed by atoms with E-state index in [9.17, 15) is 9.59 Å². The summed E-state index contributed by atoms with van der Waals surface area (Å²) in [6.45, 7) is 3.02. The van der Waals surface area contributed by atoms with Crippen LogP contribution in [0.4, 0.5) is 5.82 Å². The summed E-state index contributed by atoms with van der Waals surface area (Å²) in [5.74, 6) is -0.0787. The van der Waals surface area contributed by atoms with Crippen LogP contribution in [0.3, 0.4) is 0 Å². The maximum Gasteiger partial charge on any atom is 0.356 e. The molecule has 29 heavy (non-hydrogen) atoms. The Kier molecular flexibility index (Phi) is 6.65. The highest BCUT2D eigenvalue weighted by atomic mass is 35.5. The van der Waals surface area contributed by atoms with E-state index >= 15 is 0 Å². The van der Waals surface area contributed by atoms with Crippen LogP contribution in [0.1, 0.15) is 40.1 Å². The lowest BCUT2D eigenvalue weighted by molar-refractivity contribution is 0.0536. The van der Waals surface area contributed by atoms with Crippen molar-refractivity contribution in [3.05, 3.63) is 34.8 Å². The highest BCUT2D eigenvalue weighted by Gasteiger charge is 2.32. The number of nitrogens with one attached hydrogen (secondary N) is 2. The van der Waals surface area contributed by atoms with Gasteiger partial charge in [0, 0.05) is 26.3 Å². The molecule has 0 radical (unpaired) electrons. The second-order valence-corrected chi connectivity index (χ2v) is 6.91. The molecule has 0 bridgehead atoms. The number of H-pyrrole nitrogens is 1. The van der Waals surface area contributed by atoms with E-state index < -0.39 is 5.97 Å². The fourth-order valence-corrected chi connectivity index (χ4v) is 3.50. The van der Waals surface area contributed by atoms with Gasteiger partial charge in [0.15, 0.2) is 16.7 Å². The zero-order chi connectivity index (χ0) is 21.0. The molecule has 0 unspecified atom stereocenters. The van der Waals surface area contributed by atoms with Gasteiger partial charge < -0.3 is 24.7 Å². The largest absolute Gasteiger partial charge is 0.464 e. The lowest BCUT2D eigenvalue weighted by Crippen LogP contribution is -2.55. The van der Waals surface area contributed by atoms with Gasteiger partial charge in [0.1, 0.15) is 12.1 Å². The molecule has 1 aliphatic rings. The van der Waals surface area contributed by atoms with Crippen LogP contribution in [0.5, 0.6) is 0 Å². The van der Waals surface area contributed by atoms with Gasteiger partial charge in [0.05, 0.1) is 24.9 Å². The van der Waals surface area contributed by atoms with Crippen LogP contribution in [0, 0.1) is 0 Å². The summed E-state index contributed by atoms with van der Waals surface area (Å²) < 4.78 is 10.3. The van der Waals surface area contributed by atoms with Crippen LogP contribution in [-0.4, -0.2) is 71.3 Å². The molecule has 1 aliphatic heterocycles. The highest BCUT2D eigenvalue weighted by molar-refractivity contribution is 6.30. The Hall–Kier alpha value is -2.72. The number of piperidine rings is 1. The zero-order valence-corrected chi connectivity index (χ0v) is 17.2. The van der Waals surface area contributed by atoms with Gasteiger partial charge in [-0.05, 0) is 12.8 Å². The molecule has 2 N–H and O–H groups in total. The number of aryl methyl sites for hydroxylation is 1. The van der Waals surface area contributed by atoms with E-state index in [4.69, 9.17) is 21.1 Å². The summed E-state index contributed by atoms with van der Waals surface area (Å²) in [7, 11) is 2.89. The van der Waals surface area contributed by atoms with Gasteiger partial charge in [-0.1, -0.05) is 18.5 Å². The van der Waals surface area contributed by atoms with Gasteiger partial charge in [-0.15, -0.1) is 0 Å². The number of carbonyl (C=O) groups is 2. The van der Waals surface area contributed by atoms with E-state index in [-0.39, 0.29) is 29.6 Å². The molecule has 0 spiro atoms. The molecule has 11 heteroatoms. The first-order valence-corrected chi connectivity index (χ1v) is 9.57. The number of esters is 1. The van der Waals surface area contributed by atoms with Crippen molar-refractivity contribution in [3.63, 3.8) is 0 Å². The Morgan fingerprint density at radius 2 is 2.17 bits per heavy atom. The second kappa shape index (κ2) is 9.19. The predicted molar refractivity (Wildman–Crippen MR) is 105 cm³/mol. The number of imidazole rings is 1. The minimum atomic E-state index is -0.525. The van der Waals surface area contributed by atoms with E-state index in [1.807, 2.05) is 11.8 Å². The molecule has 3 heterocycles. The van der Waals surface area contributed by atoms with Crippen LogP contribution < -0.4 is 10.2 Å². The van der Waals surface area contributed by atoms with E-state index in [1.165, 1.54) is 13.4 Å². The number of carbonyl (C=O) groups excluding carboxylic acids is 2. The Bertz CT molecular complexity index is 889. The first-order valence-electron chi connectivity index (χ1n) is 9.20. The normalized spacial score (nSPS) is 19.1. The van der Waals surface area contributed by atoms with Gasteiger partial charge in [-0.25, -0.2) is 19.7 Å². The molecule has 1 amide bonds. The minimum Gasteiger partial charge on any atom is -0.464 e. The molecule has 156 valence electrons. The first-order chi connectivity index (χ1) is 14.0. The number of hydrogen-bond donors (Lipinski definition) is 2. The average Bonchev–Trinajstić information content (AvgIpc) is 3.14. The molecule has 1 saturated heterocycles. The number of amides is 1. The number of aromatic nitrogens is 4. The lowest BCUT2D eigenvalue weighted by Gasteiger charge is -2.38. The van der Waals surface area contributed by atoms with Crippen molar-refractivity contribution in [2.45, 2.75) is 31.9 Å². The molecular formula is C18H23ClN6O4. The summed E-state index contributed by atoms with van der Waals surface area (Å²) in [5.41, 5.74) is 0.906. The van der Waals surface area contributed by atoms with Crippen LogP contribution >= 0.6 is 11.6 Å². The predicted octanol–water partition coefficient (Wildman–Crippen LogP) is 1.23. The molecule has 0 aliphatic carbocycles. The molecular weight excluding hydrogens is 400 g/mol.